The van der Waals surface area contributed by atoms with Gasteiger partial charge in [0, 0.05) is 25.2 Å². The molecule has 3 rings (SSSR count). The monoisotopic (exact) mass is 497 g/mol. The highest BCUT2D eigenvalue weighted by Crippen LogP contribution is 2.27. The molecule has 0 fully saturated rings. The smallest absolute Gasteiger partial charge is 0.322 e. The van der Waals surface area contributed by atoms with Crippen molar-refractivity contribution in [2.75, 3.05) is 5.32 Å². The van der Waals surface area contributed by atoms with Crippen LogP contribution >= 0.6 is 23.2 Å². The summed E-state index contributed by atoms with van der Waals surface area (Å²) in [6.07, 6.45) is 0. The Morgan fingerprint density at radius 3 is 2.56 bits per heavy atom. The maximum Gasteiger partial charge on any atom is 0.322 e. The van der Waals surface area contributed by atoms with Crippen molar-refractivity contribution < 1.29 is 17.9 Å². The van der Waals surface area contributed by atoms with E-state index in [2.05, 4.69) is 20.2 Å². The summed E-state index contributed by atoms with van der Waals surface area (Å²) in [5.74, 6) is 0.599. The fraction of sp³-hybridized carbons (Fsp3) is 0.250. The van der Waals surface area contributed by atoms with E-state index < -0.39 is 16.1 Å². The van der Waals surface area contributed by atoms with Crippen molar-refractivity contribution in [2.45, 2.75) is 38.3 Å². The van der Waals surface area contributed by atoms with Crippen LogP contribution < -0.4 is 14.8 Å². The van der Waals surface area contributed by atoms with Crippen LogP contribution in [0.2, 0.25) is 10.0 Å². The summed E-state index contributed by atoms with van der Waals surface area (Å²) in [5.41, 5.74) is 0.570. The number of aromatic nitrogens is 3. The molecule has 1 amide bonds. The average Bonchev–Trinajstić information content (AvgIpc) is 3.12. The Morgan fingerprint density at radius 2 is 1.91 bits per heavy atom. The van der Waals surface area contributed by atoms with E-state index in [1.807, 2.05) is 6.92 Å². The van der Waals surface area contributed by atoms with Crippen molar-refractivity contribution in [1.29, 1.82) is 0 Å². The summed E-state index contributed by atoms with van der Waals surface area (Å²) in [6, 6.07) is 10.3. The Labute approximate surface area is 195 Å². The molecule has 2 aromatic carbocycles. The predicted octanol–water partition coefficient (Wildman–Crippen LogP) is 4.40. The van der Waals surface area contributed by atoms with Crippen LogP contribution in [0.4, 0.5) is 5.69 Å². The normalized spacial score (nSPS) is 12.4. The molecule has 0 aliphatic carbocycles. The van der Waals surface area contributed by atoms with Crippen molar-refractivity contribution in [3.05, 3.63) is 58.3 Å². The third-order valence-corrected chi connectivity index (χ3v) is 6.62. The van der Waals surface area contributed by atoms with E-state index in [9.17, 15) is 13.2 Å². The van der Waals surface area contributed by atoms with Crippen LogP contribution in [0.1, 0.15) is 32.6 Å². The molecule has 3 aromatic rings. The van der Waals surface area contributed by atoms with Gasteiger partial charge in [0.1, 0.15) is 5.75 Å². The number of ether oxygens (including phenoxy) is 1. The van der Waals surface area contributed by atoms with Crippen LogP contribution in [0.5, 0.6) is 11.8 Å². The maximum atomic E-state index is 12.8. The van der Waals surface area contributed by atoms with Crippen LogP contribution in [0.3, 0.4) is 0 Å². The average molecular weight is 498 g/mol. The lowest BCUT2D eigenvalue weighted by atomic mass is 10.3. The van der Waals surface area contributed by atoms with E-state index in [4.69, 9.17) is 27.9 Å². The molecule has 0 aliphatic heterocycles. The van der Waals surface area contributed by atoms with Gasteiger partial charge in [0.05, 0.1) is 21.0 Å². The number of anilines is 1. The number of carbonyl (C=O) groups is 1. The number of amides is 1. The van der Waals surface area contributed by atoms with Gasteiger partial charge in [0.2, 0.25) is 15.9 Å². The van der Waals surface area contributed by atoms with Gasteiger partial charge in [-0.3, -0.25) is 9.36 Å². The first-order valence-corrected chi connectivity index (χ1v) is 11.8. The Morgan fingerprint density at radius 1 is 1.16 bits per heavy atom. The topological polar surface area (TPSA) is 115 Å². The molecular formula is C20H21Cl2N5O4S. The number of sulfonamides is 1. The second-order valence-electron chi connectivity index (χ2n) is 6.82. The van der Waals surface area contributed by atoms with E-state index >= 15 is 0 Å². The molecular weight excluding hydrogens is 477 g/mol. The van der Waals surface area contributed by atoms with E-state index in [1.165, 1.54) is 25.1 Å². The van der Waals surface area contributed by atoms with Gasteiger partial charge < -0.3 is 10.1 Å². The summed E-state index contributed by atoms with van der Waals surface area (Å²) in [4.78, 5) is 11.2. The molecule has 170 valence electrons. The summed E-state index contributed by atoms with van der Waals surface area (Å²) in [5, 5.41) is 11.2. The number of nitrogens with zero attached hydrogens (tertiary/aromatic N) is 3. The lowest BCUT2D eigenvalue weighted by molar-refractivity contribution is -0.114. The summed E-state index contributed by atoms with van der Waals surface area (Å²) < 4.78 is 35.6. The first-order valence-electron chi connectivity index (χ1n) is 9.56. The van der Waals surface area contributed by atoms with Gasteiger partial charge in [-0.1, -0.05) is 34.4 Å². The Hall–Kier alpha value is -2.66. The molecule has 0 spiro atoms. The molecule has 1 atom stereocenters. The fourth-order valence-electron chi connectivity index (χ4n) is 2.94. The molecule has 2 N–H and O–H groups in total. The Bertz CT molecular complexity index is 1250. The van der Waals surface area contributed by atoms with Crippen LogP contribution in [-0.4, -0.2) is 29.1 Å². The van der Waals surface area contributed by atoms with Crippen molar-refractivity contribution >= 4 is 44.8 Å². The molecule has 9 nitrogen and oxygen atoms in total. The lowest BCUT2D eigenvalue weighted by Gasteiger charge is -2.15. The lowest BCUT2D eigenvalue weighted by Crippen LogP contribution is -2.29. The van der Waals surface area contributed by atoms with Crippen LogP contribution in [0.15, 0.2) is 47.4 Å². The highest BCUT2D eigenvalue weighted by atomic mass is 35.5. The number of nitrogens with one attached hydrogen (secondary N) is 2. The third-order valence-electron chi connectivity index (χ3n) is 4.35. The largest absolute Gasteiger partial charge is 0.424 e. The first kappa shape index (κ1) is 24.0. The molecule has 0 radical (unpaired) electrons. The maximum absolute atomic E-state index is 12.8. The summed E-state index contributed by atoms with van der Waals surface area (Å²) in [7, 11) is -3.89. The number of hydrogen-bond acceptors (Lipinski definition) is 6. The summed E-state index contributed by atoms with van der Waals surface area (Å²) >= 11 is 11.8. The van der Waals surface area contributed by atoms with Gasteiger partial charge in [-0.15, -0.1) is 5.10 Å². The molecule has 0 bridgehead atoms. The van der Waals surface area contributed by atoms with Crippen molar-refractivity contribution in [3.63, 3.8) is 0 Å². The number of carbonyl (C=O) groups excluding carboxylic acids is 1. The molecule has 0 saturated carbocycles. The van der Waals surface area contributed by atoms with Gasteiger partial charge >= 0.3 is 6.01 Å². The number of halogens is 2. The van der Waals surface area contributed by atoms with Crippen molar-refractivity contribution in [1.82, 2.24) is 19.5 Å². The molecule has 0 aliphatic rings. The van der Waals surface area contributed by atoms with E-state index in [0.717, 1.165) is 0 Å². The van der Waals surface area contributed by atoms with E-state index in [0.29, 0.717) is 23.8 Å². The van der Waals surface area contributed by atoms with Crippen molar-refractivity contribution in [2.24, 2.45) is 0 Å². The van der Waals surface area contributed by atoms with Crippen LogP contribution in [-0.2, 0) is 21.4 Å². The zero-order valence-corrected chi connectivity index (χ0v) is 19.8. The minimum atomic E-state index is -3.89. The standard InChI is InChI=1S/C20H21Cl2N5O4S/c1-4-27-19(12(2)26-32(29,30)16-8-9-17(21)18(22)11-16)24-25-20(27)31-15-7-5-6-14(10-15)23-13(3)28/h5-12,26H,4H2,1-3H3,(H,23,28)/t12-/m1/s1. The van der Waals surface area contributed by atoms with Gasteiger partial charge in [-0.05, 0) is 44.2 Å². The molecule has 32 heavy (non-hydrogen) atoms. The second kappa shape index (κ2) is 9.86. The van der Waals surface area contributed by atoms with Gasteiger partial charge in [-0.25, -0.2) is 13.1 Å². The van der Waals surface area contributed by atoms with Crippen LogP contribution in [0.25, 0.3) is 0 Å². The quantitative estimate of drug-likeness (QED) is 0.476. The first-order chi connectivity index (χ1) is 15.1. The van der Waals surface area contributed by atoms with E-state index in [1.54, 1.807) is 35.8 Å². The highest BCUT2D eigenvalue weighted by molar-refractivity contribution is 7.89. The number of rotatable bonds is 8. The number of hydrogen-bond donors (Lipinski definition) is 2. The van der Waals surface area contributed by atoms with E-state index in [-0.39, 0.29) is 26.9 Å². The van der Waals surface area contributed by atoms with Gasteiger partial charge in [0.25, 0.3) is 0 Å². The highest BCUT2D eigenvalue weighted by Gasteiger charge is 2.24. The number of benzene rings is 2. The molecule has 12 heteroatoms. The van der Waals surface area contributed by atoms with Crippen LogP contribution in [0, 0.1) is 0 Å². The zero-order valence-electron chi connectivity index (χ0n) is 17.5. The van der Waals surface area contributed by atoms with Crippen molar-refractivity contribution in [3.8, 4) is 11.8 Å². The molecule has 0 unspecified atom stereocenters. The third kappa shape index (κ3) is 5.57. The SMILES string of the molecule is CCn1c(Oc2cccc(NC(C)=O)c2)nnc1[C@@H](C)NS(=O)(=O)c1ccc(Cl)c(Cl)c1. The molecule has 0 saturated heterocycles. The Kier molecular flexibility index (Phi) is 7.40. The Balaban J connectivity index is 1.82. The van der Waals surface area contributed by atoms with Gasteiger partial charge in [0.15, 0.2) is 5.82 Å². The second-order valence-corrected chi connectivity index (χ2v) is 9.34. The van der Waals surface area contributed by atoms with Gasteiger partial charge in [-0.2, -0.15) is 0 Å². The fourth-order valence-corrected chi connectivity index (χ4v) is 4.53. The predicted molar refractivity (Wildman–Crippen MR) is 122 cm³/mol. The summed E-state index contributed by atoms with van der Waals surface area (Å²) in [6.45, 7) is 5.34. The zero-order chi connectivity index (χ0) is 23.5. The minimum absolute atomic E-state index is 0.0208. The molecule has 1 heterocycles. The minimum Gasteiger partial charge on any atom is -0.424 e. The molecule has 1 aromatic heterocycles.